The topological polar surface area (TPSA) is 55.6 Å². The highest BCUT2D eigenvalue weighted by atomic mass is 19.4. The van der Waals surface area contributed by atoms with Gasteiger partial charge in [0, 0.05) is 30.9 Å². The first-order valence-corrected chi connectivity index (χ1v) is 6.91. The normalized spacial score (nSPS) is 22.7. The summed E-state index contributed by atoms with van der Waals surface area (Å²) >= 11 is 0. The summed E-state index contributed by atoms with van der Waals surface area (Å²) in [6, 6.07) is 2.86. The fourth-order valence-corrected chi connectivity index (χ4v) is 2.49. The average Bonchev–Trinajstić information content (AvgIpc) is 2.45. The molecule has 0 N–H and O–H groups in total. The maximum absolute atomic E-state index is 13.2. The number of nitrogens with zero attached hydrogens (tertiary/aromatic N) is 2. The Bertz CT molecular complexity index is 577. The Morgan fingerprint density at radius 2 is 2.14 bits per heavy atom. The van der Waals surface area contributed by atoms with Crippen LogP contribution in [0.25, 0.3) is 0 Å². The van der Waals surface area contributed by atoms with Gasteiger partial charge in [-0.3, -0.25) is 10.1 Å². The second-order valence-corrected chi connectivity index (χ2v) is 5.53. The molecule has 1 aromatic carbocycles. The van der Waals surface area contributed by atoms with Crippen molar-refractivity contribution in [2.45, 2.75) is 32.0 Å². The number of hydrogen-bond acceptors (Lipinski definition) is 4. The van der Waals surface area contributed by atoms with E-state index < -0.39 is 28.0 Å². The fourth-order valence-electron chi connectivity index (χ4n) is 2.49. The minimum Gasteiger partial charge on any atom is -0.372 e. The molecule has 0 aromatic heterocycles. The predicted molar refractivity (Wildman–Crippen MR) is 75.0 cm³/mol. The summed E-state index contributed by atoms with van der Waals surface area (Å²) in [5.74, 6) is 0. The van der Waals surface area contributed by atoms with Gasteiger partial charge in [-0.15, -0.1) is 0 Å². The van der Waals surface area contributed by atoms with Crippen molar-refractivity contribution in [3.8, 4) is 0 Å². The first-order valence-electron chi connectivity index (χ1n) is 6.91. The Labute approximate surface area is 125 Å². The average molecular weight is 318 g/mol. The van der Waals surface area contributed by atoms with Crippen LogP contribution in [0.5, 0.6) is 0 Å². The molecule has 0 aliphatic carbocycles. The molecule has 1 atom stereocenters. The van der Waals surface area contributed by atoms with Crippen molar-refractivity contribution >= 4 is 11.4 Å². The molecule has 1 saturated heterocycles. The standard InChI is InChI=1S/C14H17F3N2O3/c1-3-13(2)9-18(6-7-22-13)12-5-4-10(19(20)21)8-11(12)14(15,16)17/h4-5,8H,3,6-7,9H2,1-2H3. The van der Waals surface area contributed by atoms with Crippen LogP contribution in [-0.2, 0) is 10.9 Å². The number of alkyl halides is 3. The van der Waals surface area contributed by atoms with Gasteiger partial charge < -0.3 is 9.64 Å². The molecule has 22 heavy (non-hydrogen) atoms. The van der Waals surface area contributed by atoms with Crippen molar-refractivity contribution in [2.24, 2.45) is 0 Å². The van der Waals surface area contributed by atoms with Crippen LogP contribution in [0.1, 0.15) is 25.8 Å². The van der Waals surface area contributed by atoms with Crippen LogP contribution in [0.4, 0.5) is 24.5 Å². The van der Waals surface area contributed by atoms with E-state index in [9.17, 15) is 23.3 Å². The zero-order valence-electron chi connectivity index (χ0n) is 12.3. The molecule has 5 nitrogen and oxygen atoms in total. The van der Waals surface area contributed by atoms with Gasteiger partial charge >= 0.3 is 6.18 Å². The quantitative estimate of drug-likeness (QED) is 0.631. The smallest absolute Gasteiger partial charge is 0.372 e. The van der Waals surface area contributed by atoms with Crippen LogP contribution in [0.15, 0.2) is 18.2 Å². The Morgan fingerprint density at radius 3 is 2.68 bits per heavy atom. The molecular weight excluding hydrogens is 301 g/mol. The highest BCUT2D eigenvalue weighted by Crippen LogP contribution is 2.40. The Balaban J connectivity index is 2.44. The molecular formula is C14H17F3N2O3. The van der Waals surface area contributed by atoms with Gasteiger partial charge in [-0.2, -0.15) is 13.2 Å². The van der Waals surface area contributed by atoms with Crippen molar-refractivity contribution in [3.05, 3.63) is 33.9 Å². The van der Waals surface area contributed by atoms with Gasteiger partial charge in [0.2, 0.25) is 0 Å². The maximum Gasteiger partial charge on any atom is 0.418 e. The summed E-state index contributed by atoms with van der Waals surface area (Å²) < 4.78 is 45.3. The molecule has 8 heteroatoms. The third kappa shape index (κ3) is 3.32. The van der Waals surface area contributed by atoms with Gasteiger partial charge in [-0.1, -0.05) is 6.92 Å². The summed E-state index contributed by atoms with van der Waals surface area (Å²) in [5, 5.41) is 10.7. The molecule has 1 aliphatic rings. The van der Waals surface area contributed by atoms with E-state index >= 15 is 0 Å². The zero-order chi connectivity index (χ0) is 16.5. The van der Waals surface area contributed by atoms with Crippen molar-refractivity contribution in [2.75, 3.05) is 24.6 Å². The lowest BCUT2D eigenvalue weighted by atomic mass is 9.99. The molecule has 1 aromatic rings. The SMILES string of the molecule is CCC1(C)CN(c2ccc([N+](=O)[O-])cc2C(F)(F)F)CCO1. The van der Waals surface area contributed by atoms with Gasteiger partial charge in [0.1, 0.15) is 0 Å². The molecule has 0 saturated carbocycles. The number of nitro benzene ring substituents is 1. The van der Waals surface area contributed by atoms with E-state index in [0.29, 0.717) is 32.2 Å². The molecule has 1 aliphatic heterocycles. The molecule has 1 unspecified atom stereocenters. The van der Waals surface area contributed by atoms with E-state index in [-0.39, 0.29) is 5.69 Å². The lowest BCUT2D eigenvalue weighted by Crippen LogP contribution is -2.50. The minimum absolute atomic E-state index is 0.0407. The first-order chi connectivity index (χ1) is 10.2. The summed E-state index contributed by atoms with van der Waals surface area (Å²) in [4.78, 5) is 11.5. The lowest BCUT2D eigenvalue weighted by Gasteiger charge is -2.41. The molecule has 0 radical (unpaired) electrons. The Morgan fingerprint density at radius 1 is 1.45 bits per heavy atom. The minimum atomic E-state index is -4.65. The maximum atomic E-state index is 13.2. The number of non-ortho nitro benzene ring substituents is 1. The summed E-state index contributed by atoms with van der Waals surface area (Å²) in [5.41, 5.74) is -2.12. The number of halogens is 3. The summed E-state index contributed by atoms with van der Waals surface area (Å²) in [6.45, 7) is 4.70. The molecule has 0 bridgehead atoms. The lowest BCUT2D eigenvalue weighted by molar-refractivity contribution is -0.385. The monoisotopic (exact) mass is 318 g/mol. The van der Waals surface area contributed by atoms with Gasteiger partial charge in [0.05, 0.1) is 22.7 Å². The molecule has 122 valence electrons. The number of benzene rings is 1. The van der Waals surface area contributed by atoms with Crippen LogP contribution < -0.4 is 4.90 Å². The molecule has 1 heterocycles. The van der Waals surface area contributed by atoms with Crippen molar-refractivity contribution in [1.82, 2.24) is 0 Å². The van der Waals surface area contributed by atoms with Crippen molar-refractivity contribution < 1.29 is 22.8 Å². The van der Waals surface area contributed by atoms with E-state index in [1.165, 1.54) is 6.07 Å². The molecule has 2 rings (SSSR count). The summed E-state index contributed by atoms with van der Waals surface area (Å²) in [7, 11) is 0. The fraction of sp³-hybridized carbons (Fsp3) is 0.571. The van der Waals surface area contributed by atoms with E-state index in [2.05, 4.69) is 0 Å². The second-order valence-electron chi connectivity index (χ2n) is 5.53. The second kappa shape index (κ2) is 5.75. The van der Waals surface area contributed by atoms with Crippen LogP contribution in [0.2, 0.25) is 0 Å². The van der Waals surface area contributed by atoms with E-state index in [1.807, 2.05) is 13.8 Å². The van der Waals surface area contributed by atoms with Crippen LogP contribution in [-0.4, -0.2) is 30.2 Å². The highest BCUT2D eigenvalue weighted by molar-refractivity contribution is 5.59. The first kappa shape index (κ1) is 16.5. The summed E-state index contributed by atoms with van der Waals surface area (Å²) in [6.07, 6.45) is -3.99. The van der Waals surface area contributed by atoms with Crippen LogP contribution >= 0.6 is 0 Å². The molecule has 0 spiro atoms. The zero-order valence-corrected chi connectivity index (χ0v) is 12.3. The van der Waals surface area contributed by atoms with E-state index in [4.69, 9.17) is 4.74 Å². The predicted octanol–water partition coefficient (Wildman–Crippen LogP) is 3.62. The van der Waals surface area contributed by atoms with Crippen LogP contribution in [0.3, 0.4) is 0 Å². The Hall–Kier alpha value is -1.83. The van der Waals surface area contributed by atoms with Gasteiger partial charge in [-0.25, -0.2) is 0 Å². The number of rotatable bonds is 3. The van der Waals surface area contributed by atoms with Gasteiger partial charge in [-0.05, 0) is 19.4 Å². The van der Waals surface area contributed by atoms with Crippen molar-refractivity contribution in [3.63, 3.8) is 0 Å². The van der Waals surface area contributed by atoms with Gasteiger partial charge in [0.25, 0.3) is 5.69 Å². The number of hydrogen-bond donors (Lipinski definition) is 0. The highest BCUT2D eigenvalue weighted by Gasteiger charge is 2.39. The third-order valence-electron chi connectivity index (χ3n) is 3.92. The van der Waals surface area contributed by atoms with Gasteiger partial charge in [0.15, 0.2) is 0 Å². The molecule has 0 amide bonds. The number of ether oxygens (including phenoxy) is 1. The number of morpholine rings is 1. The van der Waals surface area contributed by atoms with Crippen LogP contribution in [0, 0.1) is 10.1 Å². The largest absolute Gasteiger partial charge is 0.418 e. The molecule has 1 fully saturated rings. The Kier molecular flexibility index (Phi) is 4.32. The number of nitro groups is 1. The van der Waals surface area contributed by atoms with Crippen molar-refractivity contribution in [1.29, 1.82) is 0 Å². The number of anilines is 1. The van der Waals surface area contributed by atoms with E-state index in [1.54, 1.807) is 4.90 Å². The third-order valence-corrected chi connectivity index (χ3v) is 3.92. The van der Waals surface area contributed by atoms with E-state index in [0.717, 1.165) is 6.07 Å².